The van der Waals surface area contributed by atoms with E-state index < -0.39 is 5.92 Å². The van der Waals surface area contributed by atoms with Crippen molar-refractivity contribution in [1.82, 2.24) is 4.90 Å². The van der Waals surface area contributed by atoms with Crippen molar-refractivity contribution in [2.75, 3.05) is 27.4 Å². The van der Waals surface area contributed by atoms with Crippen LogP contribution in [0, 0.1) is 11.8 Å². The monoisotopic (exact) mass is 341 g/mol. The molecular weight excluding hydrogens is 310 g/mol. The molecule has 1 aliphatic rings. The number of amides is 1. The Kier molecular flexibility index (Phi) is 8.56. The van der Waals surface area contributed by atoms with Crippen molar-refractivity contribution in [2.45, 2.75) is 58.6 Å². The zero-order chi connectivity index (χ0) is 18.3. The molecule has 1 heterocycles. The summed E-state index contributed by atoms with van der Waals surface area (Å²) in [6.07, 6.45) is 1.68. The van der Waals surface area contributed by atoms with Gasteiger partial charge in [0, 0.05) is 33.6 Å². The van der Waals surface area contributed by atoms with Gasteiger partial charge in [0.15, 0.2) is 11.6 Å². The van der Waals surface area contributed by atoms with Crippen LogP contribution < -0.4 is 0 Å². The van der Waals surface area contributed by atoms with E-state index in [1.54, 1.807) is 11.8 Å². The highest BCUT2D eigenvalue weighted by molar-refractivity contribution is 5.92. The van der Waals surface area contributed by atoms with Crippen molar-refractivity contribution < 1.29 is 23.9 Å². The lowest BCUT2D eigenvalue weighted by molar-refractivity contribution is -0.146. The maximum Gasteiger partial charge on any atom is 0.229 e. The van der Waals surface area contributed by atoms with Gasteiger partial charge in [0.2, 0.25) is 5.91 Å². The number of rotatable bonds is 10. The third kappa shape index (κ3) is 5.67. The molecule has 3 atom stereocenters. The number of likely N-dealkylation sites (tertiary alicyclic amines) is 1. The largest absolute Gasteiger partial charge is 0.381 e. The Hall–Kier alpha value is -1.27. The van der Waals surface area contributed by atoms with Gasteiger partial charge >= 0.3 is 0 Å². The topological polar surface area (TPSA) is 72.9 Å². The first-order chi connectivity index (χ1) is 11.3. The molecule has 1 saturated heterocycles. The second-order valence-corrected chi connectivity index (χ2v) is 6.98. The van der Waals surface area contributed by atoms with E-state index in [4.69, 9.17) is 9.47 Å². The van der Waals surface area contributed by atoms with Crippen molar-refractivity contribution in [3.05, 3.63) is 0 Å². The molecule has 0 aromatic heterocycles. The summed E-state index contributed by atoms with van der Waals surface area (Å²) in [5.74, 6) is -0.488. The first-order valence-corrected chi connectivity index (χ1v) is 8.68. The Labute approximate surface area is 144 Å². The number of carbonyl (C=O) groups is 3. The van der Waals surface area contributed by atoms with Crippen molar-refractivity contribution in [1.29, 1.82) is 0 Å². The molecule has 6 nitrogen and oxygen atoms in total. The van der Waals surface area contributed by atoms with Crippen LogP contribution in [-0.2, 0) is 23.9 Å². The first-order valence-electron chi connectivity index (χ1n) is 8.68. The van der Waals surface area contributed by atoms with E-state index >= 15 is 0 Å². The molecule has 0 bridgehead atoms. The molecule has 0 aliphatic carbocycles. The highest BCUT2D eigenvalue weighted by Gasteiger charge is 2.39. The maximum absolute atomic E-state index is 13.0. The summed E-state index contributed by atoms with van der Waals surface area (Å²) in [5, 5.41) is 0. The molecule has 3 unspecified atom stereocenters. The highest BCUT2D eigenvalue weighted by atomic mass is 16.5. The second-order valence-electron chi connectivity index (χ2n) is 6.98. The molecule has 0 radical (unpaired) electrons. The minimum Gasteiger partial charge on any atom is -0.381 e. The van der Waals surface area contributed by atoms with Crippen LogP contribution in [-0.4, -0.2) is 61.9 Å². The van der Waals surface area contributed by atoms with Gasteiger partial charge in [-0.15, -0.1) is 0 Å². The molecule has 1 aliphatic heterocycles. The van der Waals surface area contributed by atoms with Crippen molar-refractivity contribution in [2.24, 2.45) is 11.8 Å². The summed E-state index contributed by atoms with van der Waals surface area (Å²) < 4.78 is 10.2. The van der Waals surface area contributed by atoms with E-state index in [9.17, 15) is 14.4 Å². The zero-order valence-corrected chi connectivity index (χ0v) is 15.5. The molecule has 0 spiro atoms. The molecule has 1 fully saturated rings. The number of methoxy groups -OCH3 is 2. The summed E-state index contributed by atoms with van der Waals surface area (Å²) in [5.41, 5.74) is 0. The molecule has 1 amide bonds. The van der Waals surface area contributed by atoms with Gasteiger partial charge < -0.3 is 14.4 Å². The van der Waals surface area contributed by atoms with Gasteiger partial charge in [-0.3, -0.25) is 14.4 Å². The first kappa shape index (κ1) is 20.8. The van der Waals surface area contributed by atoms with Crippen molar-refractivity contribution in [3.63, 3.8) is 0 Å². The predicted molar refractivity (Wildman–Crippen MR) is 90.7 cm³/mol. The van der Waals surface area contributed by atoms with Crippen molar-refractivity contribution in [3.8, 4) is 0 Å². The van der Waals surface area contributed by atoms with E-state index in [1.165, 1.54) is 14.2 Å². The Morgan fingerprint density at radius 2 is 1.79 bits per heavy atom. The maximum atomic E-state index is 13.0. The van der Waals surface area contributed by atoms with Gasteiger partial charge in [-0.05, 0) is 25.7 Å². The van der Waals surface area contributed by atoms with E-state index in [0.717, 1.165) is 6.42 Å². The summed E-state index contributed by atoms with van der Waals surface area (Å²) in [4.78, 5) is 39.0. The Balaban J connectivity index is 2.87. The summed E-state index contributed by atoms with van der Waals surface area (Å²) in [6.45, 7) is 6.33. The lowest BCUT2D eigenvalue weighted by atomic mass is 9.94. The zero-order valence-electron chi connectivity index (χ0n) is 15.5. The fourth-order valence-corrected chi connectivity index (χ4v) is 3.20. The normalized spacial score (nSPS) is 20.2. The summed E-state index contributed by atoms with van der Waals surface area (Å²) in [7, 11) is 2.98. The Bertz CT molecular complexity index is 449. The third-order valence-corrected chi connectivity index (χ3v) is 4.53. The van der Waals surface area contributed by atoms with Crippen molar-refractivity contribution >= 4 is 17.5 Å². The number of carbonyl (C=O) groups excluding carboxylic acids is 3. The number of nitrogens with zero attached hydrogens (tertiary/aromatic N) is 1. The average Bonchev–Trinajstić information content (AvgIpc) is 3.00. The van der Waals surface area contributed by atoms with Gasteiger partial charge in [0.05, 0.1) is 18.1 Å². The van der Waals surface area contributed by atoms with E-state index in [-0.39, 0.29) is 48.6 Å². The fraction of sp³-hybridized carbons (Fsp3) is 0.833. The quantitative estimate of drug-likeness (QED) is 0.606. The molecule has 138 valence electrons. The van der Waals surface area contributed by atoms with Gasteiger partial charge in [0.25, 0.3) is 0 Å². The highest BCUT2D eigenvalue weighted by Crippen LogP contribution is 2.26. The van der Waals surface area contributed by atoms with Crippen LogP contribution in [0.25, 0.3) is 0 Å². The van der Waals surface area contributed by atoms with Crippen LogP contribution >= 0.6 is 0 Å². The average molecular weight is 341 g/mol. The van der Waals surface area contributed by atoms with Gasteiger partial charge in [-0.25, -0.2) is 0 Å². The predicted octanol–water partition coefficient (Wildman–Crippen LogP) is 1.85. The van der Waals surface area contributed by atoms with Gasteiger partial charge in [-0.1, -0.05) is 13.8 Å². The summed E-state index contributed by atoms with van der Waals surface area (Å²) >= 11 is 0. The third-order valence-electron chi connectivity index (χ3n) is 4.53. The van der Waals surface area contributed by atoms with Gasteiger partial charge in [0.1, 0.15) is 6.61 Å². The lowest BCUT2D eigenvalue weighted by Gasteiger charge is -2.30. The number of hydrogen-bond donors (Lipinski definition) is 0. The molecule has 0 aromatic carbocycles. The Morgan fingerprint density at radius 1 is 1.12 bits per heavy atom. The Morgan fingerprint density at radius 3 is 2.33 bits per heavy atom. The minimum atomic E-state index is -0.579. The number of Topliss-reactive ketones (excluding diaryl/α,β-unsaturated/α-hetero) is 2. The number of ketones is 2. The van der Waals surface area contributed by atoms with Crippen LogP contribution in [0.4, 0.5) is 0 Å². The fourth-order valence-electron chi connectivity index (χ4n) is 3.20. The number of ether oxygens (including phenoxy) is 2. The van der Waals surface area contributed by atoms with Gasteiger partial charge in [-0.2, -0.15) is 0 Å². The molecule has 0 N–H and O–H groups in total. The van der Waals surface area contributed by atoms with Crippen LogP contribution in [0.1, 0.15) is 46.5 Å². The summed E-state index contributed by atoms with van der Waals surface area (Å²) in [6, 6.07) is -0.357. The molecule has 24 heavy (non-hydrogen) atoms. The van der Waals surface area contributed by atoms with E-state index in [2.05, 4.69) is 0 Å². The van der Waals surface area contributed by atoms with Crippen LogP contribution in [0.2, 0.25) is 0 Å². The molecule has 0 saturated carbocycles. The number of hydrogen-bond acceptors (Lipinski definition) is 5. The molecule has 6 heteroatoms. The van der Waals surface area contributed by atoms with E-state index in [1.807, 2.05) is 13.8 Å². The van der Waals surface area contributed by atoms with E-state index in [0.29, 0.717) is 19.4 Å². The van der Waals surface area contributed by atoms with Crippen LogP contribution in [0.5, 0.6) is 0 Å². The van der Waals surface area contributed by atoms with Crippen LogP contribution in [0.15, 0.2) is 0 Å². The minimum absolute atomic E-state index is 0.0179. The second kappa shape index (κ2) is 9.89. The van der Waals surface area contributed by atoms with Crippen LogP contribution in [0.3, 0.4) is 0 Å². The lowest BCUT2D eigenvalue weighted by Crippen LogP contribution is -2.47. The smallest absolute Gasteiger partial charge is 0.229 e. The molecular formula is C18H31NO5. The molecule has 1 rings (SSSR count). The SMILES string of the molecule is COCC(=O)CC(C(=O)N1CCCC1C(=O)CC(C)C)C(C)OC. The standard InChI is InChI=1S/C18H31NO5/c1-12(2)9-17(21)16-7-6-8-19(16)18(22)15(13(3)24-5)10-14(20)11-23-4/h12-13,15-16H,6-11H2,1-5H3. The molecule has 0 aromatic rings.